The zero-order valence-electron chi connectivity index (χ0n) is 10.1. The van der Waals surface area contributed by atoms with E-state index < -0.39 is 0 Å². The highest BCUT2D eigenvalue weighted by Gasteiger charge is 2.13. The van der Waals surface area contributed by atoms with Gasteiger partial charge in [-0.3, -0.25) is 0 Å². The summed E-state index contributed by atoms with van der Waals surface area (Å²) < 4.78 is 1.58. The van der Waals surface area contributed by atoms with Gasteiger partial charge in [0.15, 0.2) is 0 Å². The van der Waals surface area contributed by atoms with Gasteiger partial charge >= 0.3 is 0 Å². The SMILES string of the molecule is Cc1nn(-c2ccccc2)c(Cl)c1C=C(C#N)C#N. The van der Waals surface area contributed by atoms with Crippen molar-refractivity contribution in [2.75, 3.05) is 0 Å². The van der Waals surface area contributed by atoms with Crippen LogP contribution in [0.5, 0.6) is 0 Å². The van der Waals surface area contributed by atoms with Crippen LogP contribution in [0.4, 0.5) is 0 Å². The Labute approximate surface area is 115 Å². The molecule has 0 spiro atoms. The number of nitriles is 2. The molecule has 5 heteroatoms. The van der Waals surface area contributed by atoms with Crippen LogP contribution in [-0.2, 0) is 0 Å². The highest BCUT2D eigenvalue weighted by molar-refractivity contribution is 6.31. The highest BCUT2D eigenvalue weighted by Crippen LogP contribution is 2.25. The summed E-state index contributed by atoms with van der Waals surface area (Å²) in [6, 6.07) is 13.0. The van der Waals surface area contributed by atoms with Crippen LogP contribution < -0.4 is 0 Å². The van der Waals surface area contributed by atoms with Crippen molar-refractivity contribution < 1.29 is 0 Å². The van der Waals surface area contributed by atoms with E-state index in [4.69, 9.17) is 22.1 Å². The van der Waals surface area contributed by atoms with Gasteiger partial charge in [-0.2, -0.15) is 15.6 Å². The summed E-state index contributed by atoms with van der Waals surface area (Å²) in [5, 5.41) is 22.3. The van der Waals surface area contributed by atoms with Crippen molar-refractivity contribution in [3.63, 3.8) is 0 Å². The molecule has 0 bridgehead atoms. The second-order valence-electron chi connectivity index (χ2n) is 3.82. The molecule has 1 aromatic carbocycles. The summed E-state index contributed by atoms with van der Waals surface area (Å²) in [6.07, 6.45) is 1.45. The molecule has 0 saturated carbocycles. The van der Waals surface area contributed by atoms with Crippen molar-refractivity contribution >= 4 is 17.7 Å². The number of halogens is 1. The van der Waals surface area contributed by atoms with Crippen molar-refractivity contribution in [2.45, 2.75) is 6.92 Å². The Balaban J connectivity index is 2.57. The van der Waals surface area contributed by atoms with E-state index in [2.05, 4.69) is 5.10 Å². The minimum atomic E-state index is -0.00221. The molecule has 2 aromatic rings. The van der Waals surface area contributed by atoms with Crippen LogP contribution in [0.25, 0.3) is 11.8 Å². The van der Waals surface area contributed by atoms with Crippen LogP contribution in [0, 0.1) is 29.6 Å². The van der Waals surface area contributed by atoms with Gasteiger partial charge in [-0.15, -0.1) is 0 Å². The van der Waals surface area contributed by atoms with E-state index in [0.717, 1.165) is 5.69 Å². The molecule has 0 aliphatic carbocycles. The first kappa shape index (κ1) is 12.9. The van der Waals surface area contributed by atoms with Gasteiger partial charge < -0.3 is 0 Å². The molecule has 0 unspecified atom stereocenters. The van der Waals surface area contributed by atoms with Gasteiger partial charge in [0, 0.05) is 5.56 Å². The third-order valence-electron chi connectivity index (χ3n) is 2.58. The predicted octanol–water partition coefficient (Wildman–Crippen LogP) is 3.26. The third kappa shape index (κ3) is 2.49. The number of nitrogens with zero attached hydrogens (tertiary/aromatic N) is 4. The summed E-state index contributed by atoms with van der Waals surface area (Å²) in [6.45, 7) is 1.78. The topological polar surface area (TPSA) is 65.4 Å². The minimum absolute atomic E-state index is 0.00221. The first-order chi connectivity index (χ1) is 9.17. The first-order valence-corrected chi connectivity index (χ1v) is 5.87. The van der Waals surface area contributed by atoms with E-state index in [1.54, 1.807) is 11.6 Å². The maximum absolute atomic E-state index is 8.78. The standard InChI is InChI=1S/C14H9ClN4/c1-10-13(7-11(8-16)9-17)14(15)19(18-10)12-5-3-2-4-6-12/h2-7H,1H3. The average molecular weight is 269 g/mol. The summed E-state index contributed by atoms with van der Waals surface area (Å²) in [4.78, 5) is 0. The number of aryl methyl sites for hydroxylation is 1. The fourth-order valence-corrected chi connectivity index (χ4v) is 1.98. The zero-order valence-corrected chi connectivity index (χ0v) is 10.9. The summed E-state index contributed by atoms with van der Waals surface area (Å²) in [5.74, 6) is 0. The number of aromatic nitrogens is 2. The largest absolute Gasteiger partial charge is 0.221 e. The Hall–Kier alpha value is -2.56. The number of para-hydroxylation sites is 1. The molecule has 0 atom stereocenters. The second-order valence-corrected chi connectivity index (χ2v) is 4.18. The fourth-order valence-electron chi connectivity index (χ4n) is 1.65. The average Bonchev–Trinajstić information content (AvgIpc) is 2.73. The maximum atomic E-state index is 8.78. The van der Waals surface area contributed by atoms with Gasteiger partial charge in [-0.25, -0.2) is 4.68 Å². The first-order valence-electron chi connectivity index (χ1n) is 5.50. The van der Waals surface area contributed by atoms with Crippen LogP contribution in [-0.4, -0.2) is 9.78 Å². The Morgan fingerprint density at radius 1 is 1.26 bits per heavy atom. The number of benzene rings is 1. The highest BCUT2D eigenvalue weighted by atomic mass is 35.5. The molecule has 0 radical (unpaired) electrons. The lowest BCUT2D eigenvalue weighted by atomic mass is 10.2. The molecule has 0 aliphatic heterocycles. The lowest BCUT2D eigenvalue weighted by molar-refractivity contribution is 0.863. The van der Waals surface area contributed by atoms with Crippen molar-refractivity contribution in [3.8, 4) is 17.8 Å². The Morgan fingerprint density at radius 3 is 2.47 bits per heavy atom. The van der Waals surface area contributed by atoms with Crippen LogP contribution in [0.15, 0.2) is 35.9 Å². The number of allylic oxidation sites excluding steroid dienone is 1. The molecule has 4 nitrogen and oxygen atoms in total. The molecule has 0 N–H and O–H groups in total. The molecule has 0 fully saturated rings. The molecule has 0 amide bonds. The van der Waals surface area contributed by atoms with Gasteiger partial charge in [-0.1, -0.05) is 29.8 Å². The predicted molar refractivity (Wildman–Crippen MR) is 72.5 cm³/mol. The lowest BCUT2D eigenvalue weighted by Crippen LogP contribution is -1.95. The van der Waals surface area contributed by atoms with E-state index in [0.29, 0.717) is 16.4 Å². The summed E-state index contributed by atoms with van der Waals surface area (Å²) >= 11 is 6.26. The molecule has 0 saturated heterocycles. The summed E-state index contributed by atoms with van der Waals surface area (Å²) in [7, 11) is 0. The normalized spacial score (nSPS) is 9.47. The quantitative estimate of drug-likeness (QED) is 0.785. The van der Waals surface area contributed by atoms with Crippen molar-refractivity contribution in [2.24, 2.45) is 0 Å². The molecular formula is C14H9ClN4. The van der Waals surface area contributed by atoms with Crippen LogP contribution >= 0.6 is 11.6 Å². The maximum Gasteiger partial charge on any atom is 0.140 e. The molecule has 0 aliphatic rings. The van der Waals surface area contributed by atoms with E-state index in [1.165, 1.54) is 6.08 Å². The lowest BCUT2D eigenvalue weighted by Gasteiger charge is -2.01. The summed E-state index contributed by atoms with van der Waals surface area (Å²) in [5.41, 5.74) is 2.07. The molecule has 2 rings (SSSR count). The van der Waals surface area contributed by atoms with E-state index in [1.807, 2.05) is 42.5 Å². The van der Waals surface area contributed by atoms with Crippen LogP contribution in [0.3, 0.4) is 0 Å². The minimum Gasteiger partial charge on any atom is -0.221 e. The molecule has 92 valence electrons. The van der Waals surface area contributed by atoms with Gasteiger partial charge in [0.1, 0.15) is 22.9 Å². The van der Waals surface area contributed by atoms with Gasteiger partial charge in [0.05, 0.1) is 11.4 Å². The van der Waals surface area contributed by atoms with E-state index in [9.17, 15) is 0 Å². The second kappa shape index (κ2) is 5.39. The number of hydrogen-bond acceptors (Lipinski definition) is 3. The van der Waals surface area contributed by atoms with Crippen molar-refractivity contribution in [3.05, 3.63) is 52.3 Å². The zero-order chi connectivity index (χ0) is 13.8. The van der Waals surface area contributed by atoms with Gasteiger partial charge in [0.2, 0.25) is 0 Å². The third-order valence-corrected chi connectivity index (χ3v) is 2.94. The Kier molecular flexibility index (Phi) is 3.66. The fraction of sp³-hybridized carbons (Fsp3) is 0.0714. The Bertz CT molecular complexity index is 698. The molecule has 1 heterocycles. The number of hydrogen-bond donors (Lipinski definition) is 0. The Morgan fingerprint density at radius 2 is 1.89 bits per heavy atom. The van der Waals surface area contributed by atoms with Gasteiger partial charge in [-0.05, 0) is 25.1 Å². The van der Waals surface area contributed by atoms with Gasteiger partial charge in [0.25, 0.3) is 0 Å². The van der Waals surface area contributed by atoms with Crippen molar-refractivity contribution in [1.29, 1.82) is 10.5 Å². The number of rotatable bonds is 2. The monoisotopic (exact) mass is 268 g/mol. The van der Waals surface area contributed by atoms with E-state index in [-0.39, 0.29) is 5.57 Å². The smallest absolute Gasteiger partial charge is 0.140 e. The van der Waals surface area contributed by atoms with Crippen LogP contribution in [0.2, 0.25) is 5.15 Å². The van der Waals surface area contributed by atoms with Crippen LogP contribution in [0.1, 0.15) is 11.3 Å². The molecular weight excluding hydrogens is 260 g/mol. The molecule has 1 aromatic heterocycles. The van der Waals surface area contributed by atoms with E-state index >= 15 is 0 Å². The van der Waals surface area contributed by atoms with Crippen molar-refractivity contribution in [1.82, 2.24) is 9.78 Å². The molecule has 19 heavy (non-hydrogen) atoms.